The van der Waals surface area contributed by atoms with E-state index in [0.29, 0.717) is 11.6 Å². The molecule has 4 nitrogen and oxygen atoms in total. The molecule has 0 saturated carbocycles. The fraction of sp³-hybridized carbons (Fsp3) is 0. The summed E-state index contributed by atoms with van der Waals surface area (Å²) in [5, 5.41) is 0. The maximum atomic E-state index is 5.05. The van der Waals surface area contributed by atoms with Gasteiger partial charge in [0, 0.05) is 44.5 Å². The molecule has 7 aromatic carbocycles. The van der Waals surface area contributed by atoms with E-state index in [-0.39, 0.29) is 0 Å². The van der Waals surface area contributed by atoms with Crippen molar-refractivity contribution in [3.8, 4) is 78.9 Å². The first-order valence-electron chi connectivity index (χ1n) is 19.3. The lowest BCUT2D eigenvalue weighted by Gasteiger charge is -2.17. The fourth-order valence-electron chi connectivity index (χ4n) is 7.44. The summed E-state index contributed by atoms with van der Waals surface area (Å²) in [7, 11) is 0. The highest BCUT2D eigenvalue weighted by Crippen LogP contribution is 2.38. The molecule has 0 bridgehead atoms. The molecule has 270 valence electrons. The Morgan fingerprint density at radius 3 is 1.10 bits per heavy atom. The maximum Gasteiger partial charge on any atom is 0.160 e. The normalized spacial score (nSPS) is 11.6. The van der Waals surface area contributed by atoms with Crippen LogP contribution in [0.2, 0.25) is 0 Å². The van der Waals surface area contributed by atoms with Crippen molar-refractivity contribution in [2.75, 3.05) is 0 Å². The number of fused-ring (bicyclic) bond motifs is 1. The Morgan fingerprint density at radius 1 is 0.310 bits per heavy atom. The Kier molecular flexibility index (Phi) is 9.08. The molecule has 2 aromatic heterocycles. The van der Waals surface area contributed by atoms with Gasteiger partial charge in [-0.2, -0.15) is 0 Å². The second-order valence-corrected chi connectivity index (χ2v) is 14.1. The zero-order valence-corrected chi connectivity index (χ0v) is 31.4. The largest absolute Gasteiger partial charge is 0.228 e. The van der Waals surface area contributed by atoms with Crippen LogP contribution in [-0.4, -0.2) is 19.9 Å². The van der Waals surface area contributed by atoms with Gasteiger partial charge in [-0.3, -0.25) is 0 Å². The van der Waals surface area contributed by atoms with Crippen LogP contribution in [0.15, 0.2) is 212 Å². The topological polar surface area (TPSA) is 51.6 Å². The molecule has 0 fully saturated rings. The predicted molar refractivity (Wildman–Crippen MR) is 236 cm³/mol. The number of hydrogen-bond donors (Lipinski definition) is 0. The van der Waals surface area contributed by atoms with Gasteiger partial charge < -0.3 is 0 Å². The summed E-state index contributed by atoms with van der Waals surface area (Å²) in [4.78, 5) is 20.2. The summed E-state index contributed by atoms with van der Waals surface area (Å²) < 4.78 is 0. The Morgan fingerprint density at radius 2 is 0.690 bits per heavy atom. The molecule has 58 heavy (non-hydrogen) atoms. The van der Waals surface area contributed by atoms with Crippen molar-refractivity contribution in [3.63, 3.8) is 0 Å². The number of aromatic nitrogens is 4. The van der Waals surface area contributed by atoms with Crippen LogP contribution in [0.5, 0.6) is 0 Å². The third-order valence-electron chi connectivity index (χ3n) is 10.4. The summed E-state index contributed by atoms with van der Waals surface area (Å²) in [6.45, 7) is 0. The quantitative estimate of drug-likeness (QED) is 0.146. The molecule has 0 saturated heterocycles. The fourth-order valence-corrected chi connectivity index (χ4v) is 7.44. The predicted octanol–water partition coefficient (Wildman–Crippen LogP) is 13.1. The molecular formula is C54H34N4. The Hall–Kier alpha value is -8.00. The van der Waals surface area contributed by atoms with Gasteiger partial charge in [0.15, 0.2) is 11.6 Å². The molecule has 0 radical (unpaired) electrons. The van der Waals surface area contributed by atoms with Crippen LogP contribution < -0.4 is 0 Å². The van der Waals surface area contributed by atoms with Crippen molar-refractivity contribution in [3.05, 3.63) is 228 Å². The van der Waals surface area contributed by atoms with Crippen LogP contribution in [0.3, 0.4) is 0 Å². The second kappa shape index (κ2) is 15.3. The lowest BCUT2D eigenvalue weighted by molar-refractivity contribution is 1.18. The highest BCUT2D eigenvalue weighted by molar-refractivity contribution is 5.94. The van der Waals surface area contributed by atoms with Crippen LogP contribution in [0.4, 0.5) is 0 Å². The zero-order valence-electron chi connectivity index (χ0n) is 31.4. The standard InChI is InChI=1S/C54H34N4/c1-5-15-39(16-6-1)48-35-49(40-17-7-2-8-18-40)56-53(55-48)44-31-27-37(28-32-44)46-25-13-23-43-24-14-26-47(52(43)46)38-29-33-45(34-30-38)54-57-50(41-19-9-3-10-20-41)36-51(58-54)42-21-11-4-12-22-42/h1-13,15-25,27-36H. The Bertz CT molecular complexity index is 2900. The average molecular weight is 739 g/mol. The van der Waals surface area contributed by atoms with Gasteiger partial charge in [0.05, 0.1) is 22.8 Å². The number of nitrogens with zero attached hydrogens (tertiary/aromatic N) is 4. The lowest BCUT2D eigenvalue weighted by Crippen LogP contribution is -1.98. The average Bonchev–Trinajstić information content (AvgIpc) is 3.32. The molecular weight excluding hydrogens is 705 g/mol. The second-order valence-electron chi connectivity index (χ2n) is 14.1. The van der Waals surface area contributed by atoms with Gasteiger partial charge in [0.2, 0.25) is 0 Å². The third kappa shape index (κ3) is 6.90. The maximum absolute atomic E-state index is 5.05. The number of benzene rings is 7. The van der Waals surface area contributed by atoms with Crippen molar-refractivity contribution >= 4 is 11.6 Å². The van der Waals surface area contributed by atoms with Crippen molar-refractivity contribution in [2.45, 2.75) is 0 Å². The molecule has 9 aromatic rings. The van der Waals surface area contributed by atoms with E-state index in [2.05, 4.69) is 139 Å². The summed E-state index contributed by atoms with van der Waals surface area (Å²) in [6, 6.07) is 68.7. The van der Waals surface area contributed by atoms with Crippen LogP contribution >= 0.6 is 0 Å². The third-order valence-corrected chi connectivity index (χ3v) is 10.4. The molecule has 0 N–H and O–H groups in total. The van der Waals surface area contributed by atoms with E-state index >= 15 is 0 Å². The Labute approximate surface area is 337 Å². The number of rotatable bonds is 8. The van der Waals surface area contributed by atoms with Crippen molar-refractivity contribution in [1.29, 1.82) is 0 Å². The molecule has 1 aliphatic rings. The van der Waals surface area contributed by atoms with E-state index in [1.807, 2.05) is 78.9 Å². The van der Waals surface area contributed by atoms with Gasteiger partial charge in [0.25, 0.3) is 0 Å². The van der Waals surface area contributed by atoms with Gasteiger partial charge in [-0.15, -0.1) is 0 Å². The summed E-state index contributed by atoms with van der Waals surface area (Å²) in [6.07, 6.45) is 2.01. The molecule has 0 atom stereocenters. The minimum atomic E-state index is 0.676. The highest BCUT2D eigenvalue weighted by atomic mass is 14.9. The molecule has 2 heterocycles. The van der Waals surface area contributed by atoms with Crippen molar-refractivity contribution in [2.24, 2.45) is 0 Å². The monoisotopic (exact) mass is 738 g/mol. The summed E-state index contributed by atoms with van der Waals surface area (Å²) >= 11 is 0. The van der Waals surface area contributed by atoms with Gasteiger partial charge in [0.1, 0.15) is 0 Å². The van der Waals surface area contributed by atoms with Crippen molar-refractivity contribution < 1.29 is 0 Å². The van der Waals surface area contributed by atoms with Crippen molar-refractivity contribution in [1.82, 2.24) is 19.9 Å². The SMILES string of the molecule is C1=C=C(c2ccc(-c3nc(-c4ccccc4)cc(-c4ccccc4)n3)cc2)c2c(cccc2-c2ccc(-c3nc(-c4ccccc4)cc(-c4ccccc4)n3)cc2)C=1. The van der Waals surface area contributed by atoms with E-state index in [0.717, 1.165) is 89.5 Å². The first-order valence-corrected chi connectivity index (χ1v) is 19.3. The van der Waals surface area contributed by atoms with E-state index < -0.39 is 0 Å². The molecule has 10 rings (SSSR count). The van der Waals surface area contributed by atoms with E-state index in [9.17, 15) is 0 Å². The van der Waals surface area contributed by atoms with Gasteiger partial charge in [-0.1, -0.05) is 200 Å². The van der Waals surface area contributed by atoms with E-state index in [1.54, 1.807) is 0 Å². The molecule has 4 heteroatoms. The van der Waals surface area contributed by atoms with Crippen LogP contribution in [0, 0.1) is 0 Å². The van der Waals surface area contributed by atoms with E-state index in [1.165, 1.54) is 0 Å². The van der Waals surface area contributed by atoms with Gasteiger partial charge in [-0.25, -0.2) is 19.9 Å². The highest BCUT2D eigenvalue weighted by Gasteiger charge is 2.19. The molecule has 0 amide bonds. The zero-order chi connectivity index (χ0) is 38.7. The molecule has 0 aliphatic heterocycles. The molecule has 0 spiro atoms. The van der Waals surface area contributed by atoms with E-state index in [4.69, 9.17) is 19.9 Å². The van der Waals surface area contributed by atoms with Gasteiger partial charge in [-0.05, 0) is 40.5 Å². The molecule has 0 unspecified atom stereocenters. The first kappa shape index (κ1) is 34.5. The minimum absolute atomic E-state index is 0.676. The number of hydrogen-bond acceptors (Lipinski definition) is 4. The smallest absolute Gasteiger partial charge is 0.160 e. The van der Waals surface area contributed by atoms with Crippen LogP contribution in [-0.2, 0) is 0 Å². The Balaban J connectivity index is 0.993. The van der Waals surface area contributed by atoms with Crippen LogP contribution in [0.1, 0.15) is 16.7 Å². The summed E-state index contributed by atoms with van der Waals surface area (Å²) in [5.41, 5.74) is 22.8. The van der Waals surface area contributed by atoms with Crippen LogP contribution in [0.25, 0.3) is 90.6 Å². The first-order chi connectivity index (χ1) is 28.7. The van der Waals surface area contributed by atoms with Gasteiger partial charge >= 0.3 is 0 Å². The minimum Gasteiger partial charge on any atom is -0.228 e. The molecule has 1 aliphatic carbocycles. The summed E-state index contributed by atoms with van der Waals surface area (Å²) in [5.74, 6) is 1.36. The lowest BCUT2D eigenvalue weighted by atomic mass is 9.86.